The average Bonchev–Trinajstić information content (AvgIpc) is 2.68. The van der Waals surface area contributed by atoms with Crippen molar-refractivity contribution in [3.05, 3.63) is 54.6 Å². The predicted molar refractivity (Wildman–Crippen MR) is 111 cm³/mol. The van der Waals surface area contributed by atoms with Gasteiger partial charge in [0, 0.05) is 24.0 Å². The van der Waals surface area contributed by atoms with Crippen LogP contribution in [0.1, 0.15) is 12.8 Å². The third kappa shape index (κ3) is 3.67. The highest BCUT2D eigenvalue weighted by Gasteiger charge is 2.23. The molecule has 0 N–H and O–H groups in total. The molecule has 4 nitrogen and oxygen atoms in total. The highest BCUT2D eigenvalue weighted by Crippen LogP contribution is 2.29. The normalized spacial score (nSPS) is 15.6. The van der Waals surface area contributed by atoms with Crippen LogP contribution in [0, 0.1) is 0 Å². The molecule has 0 amide bonds. The summed E-state index contributed by atoms with van der Waals surface area (Å²) >= 11 is 0. The fourth-order valence-corrected chi connectivity index (χ4v) is 3.60. The lowest BCUT2D eigenvalue weighted by Gasteiger charge is -2.36. The number of fused-ring (bicyclic) bond motifs is 1. The number of nitrogens with zero attached hydrogens (tertiary/aromatic N) is 4. The van der Waals surface area contributed by atoms with Gasteiger partial charge in [-0.3, -0.25) is 0 Å². The first-order chi connectivity index (χ1) is 12.2. The van der Waals surface area contributed by atoms with Gasteiger partial charge in [-0.25, -0.2) is 9.97 Å². The van der Waals surface area contributed by atoms with Crippen LogP contribution in [0.5, 0.6) is 0 Å². The predicted octanol–water partition coefficient (Wildman–Crippen LogP) is 4.25. The maximum absolute atomic E-state index is 4.97. The Balaban J connectivity index is 0.00000196. The lowest BCUT2D eigenvalue weighted by atomic mass is 10.0. The van der Waals surface area contributed by atoms with E-state index in [2.05, 4.69) is 54.2 Å². The molecular weight excluding hydrogens is 344 g/mol. The van der Waals surface area contributed by atoms with Crippen molar-refractivity contribution in [1.29, 1.82) is 0 Å². The van der Waals surface area contributed by atoms with Crippen molar-refractivity contribution in [3.8, 4) is 11.4 Å². The van der Waals surface area contributed by atoms with Gasteiger partial charge in [0.2, 0.25) is 0 Å². The lowest BCUT2D eigenvalue weighted by molar-refractivity contribution is 0.252. The molecule has 4 rings (SSSR count). The maximum atomic E-state index is 4.97. The van der Waals surface area contributed by atoms with E-state index < -0.39 is 0 Å². The molecule has 3 aromatic rings. The fourth-order valence-electron chi connectivity index (χ4n) is 3.60. The summed E-state index contributed by atoms with van der Waals surface area (Å²) in [6.07, 6.45) is 2.35. The Bertz CT molecular complexity index is 860. The summed E-state index contributed by atoms with van der Waals surface area (Å²) in [5.74, 6) is 1.84. The van der Waals surface area contributed by atoms with E-state index >= 15 is 0 Å². The monoisotopic (exact) mass is 368 g/mol. The van der Waals surface area contributed by atoms with Crippen LogP contribution in [0.25, 0.3) is 22.3 Å². The number of halogens is 1. The van der Waals surface area contributed by atoms with E-state index in [1.807, 2.05) is 24.3 Å². The molecule has 0 radical (unpaired) electrons. The number of hydrogen-bond acceptors (Lipinski definition) is 4. The average molecular weight is 369 g/mol. The topological polar surface area (TPSA) is 32.3 Å². The van der Waals surface area contributed by atoms with Crippen LogP contribution < -0.4 is 4.90 Å². The third-order valence-electron chi connectivity index (χ3n) is 5.18. The SMILES string of the molecule is CN1CCC(N(C)c2nc(-c3ccccc3)nc3ccccc23)CC1.Cl. The van der Waals surface area contributed by atoms with Crippen LogP contribution in [0.4, 0.5) is 5.82 Å². The molecule has 5 heteroatoms. The Morgan fingerprint density at radius 3 is 2.31 bits per heavy atom. The highest BCUT2D eigenvalue weighted by atomic mass is 35.5. The van der Waals surface area contributed by atoms with Gasteiger partial charge in [0.25, 0.3) is 0 Å². The van der Waals surface area contributed by atoms with E-state index in [4.69, 9.17) is 9.97 Å². The molecule has 0 spiro atoms. The van der Waals surface area contributed by atoms with Crippen molar-refractivity contribution in [2.24, 2.45) is 0 Å². The zero-order valence-corrected chi connectivity index (χ0v) is 16.1. The molecular formula is C21H25ClN4. The van der Waals surface area contributed by atoms with E-state index in [0.717, 1.165) is 41.2 Å². The van der Waals surface area contributed by atoms with E-state index in [0.29, 0.717) is 6.04 Å². The van der Waals surface area contributed by atoms with Crippen molar-refractivity contribution < 1.29 is 0 Å². The fraction of sp³-hybridized carbons (Fsp3) is 0.333. The molecule has 0 aliphatic carbocycles. The Kier molecular flexibility index (Phi) is 5.74. The maximum Gasteiger partial charge on any atom is 0.162 e. The second-order valence-electron chi connectivity index (χ2n) is 6.90. The number of rotatable bonds is 3. The Morgan fingerprint density at radius 1 is 0.923 bits per heavy atom. The molecule has 1 fully saturated rings. The van der Waals surface area contributed by atoms with Crippen LogP contribution in [0.2, 0.25) is 0 Å². The van der Waals surface area contributed by atoms with Crippen molar-refractivity contribution in [1.82, 2.24) is 14.9 Å². The number of benzene rings is 2. The van der Waals surface area contributed by atoms with Gasteiger partial charge in [-0.1, -0.05) is 42.5 Å². The van der Waals surface area contributed by atoms with E-state index in [1.165, 1.54) is 12.8 Å². The lowest BCUT2D eigenvalue weighted by Crippen LogP contribution is -2.42. The van der Waals surface area contributed by atoms with Gasteiger partial charge in [-0.15, -0.1) is 12.4 Å². The van der Waals surface area contributed by atoms with Crippen LogP contribution in [0.3, 0.4) is 0 Å². The number of piperidine rings is 1. The zero-order chi connectivity index (χ0) is 17.2. The highest BCUT2D eigenvalue weighted by molar-refractivity contribution is 5.91. The summed E-state index contributed by atoms with van der Waals surface area (Å²) in [6, 6.07) is 19.1. The summed E-state index contributed by atoms with van der Waals surface area (Å²) in [5.41, 5.74) is 2.07. The van der Waals surface area contributed by atoms with Crippen molar-refractivity contribution >= 4 is 29.1 Å². The standard InChI is InChI=1S/C21H24N4.ClH/c1-24-14-12-17(13-15-24)25(2)21-18-10-6-7-11-19(18)22-20(23-21)16-8-4-3-5-9-16;/h3-11,17H,12-15H2,1-2H3;1H. The summed E-state index contributed by atoms with van der Waals surface area (Å²) in [4.78, 5) is 14.5. The van der Waals surface area contributed by atoms with Crippen LogP contribution in [-0.4, -0.2) is 48.1 Å². The Labute approximate surface area is 161 Å². The van der Waals surface area contributed by atoms with Gasteiger partial charge in [-0.05, 0) is 45.1 Å². The van der Waals surface area contributed by atoms with Gasteiger partial charge >= 0.3 is 0 Å². The van der Waals surface area contributed by atoms with Crippen LogP contribution >= 0.6 is 12.4 Å². The second kappa shape index (κ2) is 8.02. The molecule has 1 aromatic heterocycles. The molecule has 1 saturated heterocycles. The van der Waals surface area contributed by atoms with Gasteiger partial charge in [0.15, 0.2) is 5.82 Å². The summed E-state index contributed by atoms with van der Waals surface area (Å²) in [5, 5.41) is 1.13. The molecule has 2 aromatic carbocycles. The number of para-hydroxylation sites is 1. The van der Waals surface area contributed by atoms with Crippen LogP contribution in [-0.2, 0) is 0 Å². The Hall–Kier alpha value is -2.17. The molecule has 0 atom stereocenters. The first-order valence-electron chi connectivity index (χ1n) is 8.96. The third-order valence-corrected chi connectivity index (χ3v) is 5.18. The van der Waals surface area contributed by atoms with E-state index in [1.54, 1.807) is 0 Å². The minimum atomic E-state index is 0. The second-order valence-corrected chi connectivity index (χ2v) is 6.90. The molecule has 0 unspecified atom stereocenters. The minimum absolute atomic E-state index is 0. The van der Waals surface area contributed by atoms with E-state index in [-0.39, 0.29) is 12.4 Å². The molecule has 26 heavy (non-hydrogen) atoms. The first kappa shape index (κ1) is 18.6. The largest absolute Gasteiger partial charge is 0.356 e. The number of aromatic nitrogens is 2. The van der Waals surface area contributed by atoms with Gasteiger partial charge in [-0.2, -0.15) is 0 Å². The molecule has 136 valence electrons. The van der Waals surface area contributed by atoms with Gasteiger partial charge in [0.1, 0.15) is 5.82 Å². The number of hydrogen-bond donors (Lipinski definition) is 0. The van der Waals surface area contributed by atoms with Crippen molar-refractivity contribution in [3.63, 3.8) is 0 Å². The quantitative estimate of drug-likeness (QED) is 0.691. The van der Waals surface area contributed by atoms with Crippen molar-refractivity contribution in [2.75, 3.05) is 32.1 Å². The van der Waals surface area contributed by atoms with Gasteiger partial charge < -0.3 is 9.80 Å². The molecule has 0 saturated carbocycles. The Morgan fingerprint density at radius 2 is 1.58 bits per heavy atom. The summed E-state index contributed by atoms with van der Waals surface area (Å²) in [6.45, 7) is 2.28. The molecule has 2 heterocycles. The zero-order valence-electron chi connectivity index (χ0n) is 15.3. The molecule has 0 bridgehead atoms. The summed E-state index contributed by atoms with van der Waals surface area (Å²) in [7, 11) is 4.38. The van der Waals surface area contributed by atoms with Gasteiger partial charge in [0.05, 0.1) is 5.52 Å². The number of anilines is 1. The smallest absolute Gasteiger partial charge is 0.162 e. The molecule has 1 aliphatic rings. The van der Waals surface area contributed by atoms with E-state index in [9.17, 15) is 0 Å². The van der Waals surface area contributed by atoms with Crippen molar-refractivity contribution in [2.45, 2.75) is 18.9 Å². The minimum Gasteiger partial charge on any atom is -0.356 e. The molecule has 1 aliphatic heterocycles. The summed E-state index contributed by atoms with van der Waals surface area (Å²) < 4.78 is 0. The van der Waals surface area contributed by atoms with Crippen LogP contribution in [0.15, 0.2) is 54.6 Å². The number of likely N-dealkylation sites (tertiary alicyclic amines) is 1. The first-order valence-corrected chi connectivity index (χ1v) is 8.96.